The molecule has 44 valence electrons. The van der Waals surface area contributed by atoms with Crippen LogP contribution in [0.4, 0.5) is 4.39 Å². The highest BCUT2D eigenvalue weighted by Gasteiger charge is 1.84. The molecule has 0 bridgehead atoms. The van der Waals surface area contributed by atoms with Gasteiger partial charge in [0.1, 0.15) is 0 Å². The molecule has 0 spiro atoms. The second-order valence-electron chi connectivity index (χ2n) is 1.60. The summed E-state index contributed by atoms with van der Waals surface area (Å²) < 4.78 is 11.3. The van der Waals surface area contributed by atoms with Gasteiger partial charge in [-0.05, 0) is 18.6 Å². The summed E-state index contributed by atoms with van der Waals surface area (Å²) in [4.78, 5) is 0. The van der Waals surface area contributed by atoms with Crippen molar-refractivity contribution in [2.75, 3.05) is 0 Å². The molecule has 0 radical (unpaired) electrons. The van der Waals surface area contributed by atoms with Crippen molar-refractivity contribution in [3.8, 4) is 0 Å². The smallest absolute Gasteiger partial charge is 0.0872 e. The Hall–Kier alpha value is -0.850. The van der Waals surface area contributed by atoms with Crippen LogP contribution in [0.25, 0.3) is 0 Å². The van der Waals surface area contributed by atoms with Gasteiger partial charge in [-0.25, -0.2) is 4.39 Å². The maximum absolute atomic E-state index is 11.3. The Labute approximate surface area is 49.0 Å². The Bertz CT molecular complexity index is 131. The molecule has 0 aliphatic rings. The quantitative estimate of drug-likeness (QED) is 0.481. The van der Waals surface area contributed by atoms with Crippen LogP contribution in [-0.2, 0) is 0 Å². The number of rotatable bonds is 2. The van der Waals surface area contributed by atoms with Gasteiger partial charge < -0.3 is 0 Å². The van der Waals surface area contributed by atoms with E-state index >= 15 is 0 Å². The van der Waals surface area contributed by atoms with E-state index in [0.29, 0.717) is 11.9 Å². The molecule has 0 fully saturated rings. The van der Waals surface area contributed by atoms with Crippen LogP contribution in [0.15, 0.2) is 36.7 Å². The van der Waals surface area contributed by atoms with Crippen molar-refractivity contribution in [3.63, 3.8) is 0 Å². The summed E-state index contributed by atoms with van der Waals surface area (Å²) in [5, 5.41) is 0. The zero-order valence-corrected chi connectivity index (χ0v) is 4.95. The SMILES string of the molecule is C=C(C)C(=C)/C=C/F. The Morgan fingerprint density at radius 1 is 1.50 bits per heavy atom. The summed E-state index contributed by atoms with van der Waals surface area (Å²) in [5.41, 5.74) is 1.42. The van der Waals surface area contributed by atoms with Crippen molar-refractivity contribution in [1.29, 1.82) is 0 Å². The highest BCUT2D eigenvalue weighted by molar-refractivity contribution is 5.32. The first-order valence-corrected chi connectivity index (χ1v) is 2.30. The third kappa shape index (κ3) is 2.35. The minimum atomic E-state index is 0.455. The van der Waals surface area contributed by atoms with Crippen LogP contribution in [0, 0.1) is 0 Å². The molecule has 0 aliphatic heterocycles. The van der Waals surface area contributed by atoms with Crippen LogP contribution in [0.3, 0.4) is 0 Å². The van der Waals surface area contributed by atoms with E-state index in [1.807, 2.05) is 0 Å². The Balaban J connectivity index is 3.85. The summed E-state index contributed by atoms with van der Waals surface area (Å²) in [7, 11) is 0. The zero-order chi connectivity index (χ0) is 6.57. The van der Waals surface area contributed by atoms with Crippen molar-refractivity contribution in [2.45, 2.75) is 6.92 Å². The molecule has 0 aromatic carbocycles. The first-order valence-electron chi connectivity index (χ1n) is 2.30. The minimum Gasteiger partial charge on any atom is -0.216 e. The fourth-order valence-corrected chi connectivity index (χ4v) is 0.218. The molecule has 0 rings (SSSR count). The lowest BCUT2D eigenvalue weighted by Gasteiger charge is -1.91. The van der Waals surface area contributed by atoms with Gasteiger partial charge in [-0.3, -0.25) is 0 Å². The predicted octanol–water partition coefficient (Wildman–Crippen LogP) is 2.60. The predicted molar refractivity (Wildman–Crippen MR) is 34.2 cm³/mol. The zero-order valence-electron chi connectivity index (χ0n) is 4.95. The minimum absolute atomic E-state index is 0.455. The van der Waals surface area contributed by atoms with E-state index in [4.69, 9.17) is 0 Å². The van der Waals surface area contributed by atoms with E-state index in [1.54, 1.807) is 6.92 Å². The lowest BCUT2D eigenvalue weighted by atomic mass is 10.2. The molecule has 0 N–H and O–H groups in total. The van der Waals surface area contributed by atoms with E-state index in [1.165, 1.54) is 6.08 Å². The van der Waals surface area contributed by atoms with Gasteiger partial charge in [-0.15, -0.1) is 0 Å². The fraction of sp³-hybridized carbons (Fsp3) is 0.143. The lowest BCUT2D eigenvalue weighted by molar-refractivity contribution is 0.720. The van der Waals surface area contributed by atoms with E-state index in [9.17, 15) is 4.39 Å². The van der Waals surface area contributed by atoms with Crippen LogP contribution < -0.4 is 0 Å². The number of allylic oxidation sites excluding steroid dienone is 3. The van der Waals surface area contributed by atoms with Gasteiger partial charge in [0, 0.05) is 0 Å². The Morgan fingerprint density at radius 3 is 2.12 bits per heavy atom. The molecule has 0 aromatic rings. The van der Waals surface area contributed by atoms with Crippen LogP contribution >= 0.6 is 0 Å². The first kappa shape index (κ1) is 7.15. The first-order chi connectivity index (χ1) is 3.68. The van der Waals surface area contributed by atoms with Gasteiger partial charge in [-0.2, -0.15) is 0 Å². The molecule has 0 saturated carbocycles. The number of hydrogen-bond acceptors (Lipinski definition) is 0. The highest BCUT2D eigenvalue weighted by atomic mass is 19.1. The van der Waals surface area contributed by atoms with E-state index < -0.39 is 0 Å². The molecule has 0 nitrogen and oxygen atoms in total. The second-order valence-corrected chi connectivity index (χ2v) is 1.60. The molecule has 1 heteroatoms. The summed E-state index contributed by atoms with van der Waals surface area (Å²) in [6, 6.07) is 0. The maximum atomic E-state index is 11.3. The number of hydrogen-bond donors (Lipinski definition) is 0. The van der Waals surface area contributed by atoms with E-state index in [2.05, 4.69) is 13.2 Å². The van der Waals surface area contributed by atoms with Gasteiger partial charge in [0.05, 0.1) is 6.33 Å². The Kier molecular flexibility index (Phi) is 2.85. The average Bonchev–Trinajstić information content (AvgIpc) is 1.67. The van der Waals surface area contributed by atoms with E-state index in [0.717, 1.165) is 5.57 Å². The molecule has 0 aliphatic carbocycles. The fourth-order valence-electron chi connectivity index (χ4n) is 0.218. The third-order valence-electron chi connectivity index (χ3n) is 0.812. The van der Waals surface area contributed by atoms with Crippen LogP contribution in [-0.4, -0.2) is 0 Å². The van der Waals surface area contributed by atoms with Crippen molar-refractivity contribution in [1.82, 2.24) is 0 Å². The molecule has 0 saturated heterocycles. The van der Waals surface area contributed by atoms with Gasteiger partial charge in [0.25, 0.3) is 0 Å². The standard InChI is InChI=1S/C7H9F/c1-6(2)7(3)4-5-8/h4-5H,1,3H2,2H3/b5-4+. The monoisotopic (exact) mass is 112 g/mol. The largest absolute Gasteiger partial charge is 0.216 e. The molecular weight excluding hydrogens is 103 g/mol. The molecular formula is C7H9F. The van der Waals surface area contributed by atoms with Crippen LogP contribution in [0.5, 0.6) is 0 Å². The van der Waals surface area contributed by atoms with Crippen molar-refractivity contribution >= 4 is 0 Å². The number of halogens is 1. The lowest BCUT2D eigenvalue weighted by Crippen LogP contribution is -1.71. The van der Waals surface area contributed by atoms with Gasteiger partial charge in [0.15, 0.2) is 0 Å². The van der Waals surface area contributed by atoms with Crippen molar-refractivity contribution in [3.05, 3.63) is 36.7 Å². The normalized spacial score (nSPS) is 9.75. The van der Waals surface area contributed by atoms with Crippen LogP contribution in [0.2, 0.25) is 0 Å². The second kappa shape index (κ2) is 3.19. The Morgan fingerprint density at radius 2 is 2.00 bits per heavy atom. The molecule has 0 aromatic heterocycles. The van der Waals surface area contributed by atoms with Crippen molar-refractivity contribution < 1.29 is 4.39 Å². The molecule has 0 atom stereocenters. The third-order valence-corrected chi connectivity index (χ3v) is 0.812. The van der Waals surface area contributed by atoms with Crippen LogP contribution in [0.1, 0.15) is 6.92 Å². The molecule has 8 heavy (non-hydrogen) atoms. The van der Waals surface area contributed by atoms with Gasteiger partial charge in [0.2, 0.25) is 0 Å². The molecule has 0 heterocycles. The molecule has 0 amide bonds. The van der Waals surface area contributed by atoms with E-state index in [-0.39, 0.29) is 0 Å². The van der Waals surface area contributed by atoms with Gasteiger partial charge in [-0.1, -0.05) is 18.7 Å². The summed E-state index contributed by atoms with van der Waals surface area (Å²) in [6.07, 6.45) is 1.74. The summed E-state index contributed by atoms with van der Waals surface area (Å²) in [6.45, 7) is 8.85. The summed E-state index contributed by atoms with van der Waals surface area (Å²) in [5.74, 6) is 0. The van der Waals surface area contributed by atoms with Gasteiger partial charge >= 0.3 is 0 Å². The molecule has 0 unspecified atom stereocenters. The topological polar surface area (TPSA) is 0 Å². The summed E-state index contributed by atoms with van der Waals surface area (Å²) >= 11 is 0. The maximum Gasteiger partial charge on any atom is 0.0872 e. The van der Waals surface area contributed by atoms with Crippen molar-refractivity contribution in [2.24, 2.45) is 0 Å². The highest BCUT2D eigenvalue weighted by Crippen LogP contribution is 2.03. The average molecular weight is 112 g/mol.